The van der Waals surface area contributed by atoms with Crippen LogP contribution in [0.3, 0.4) is 0 Å². The van der Waals surface area contributed by atoms with Crippen molar-refractivity contribution in [3.8, 4) is 0 Å². The molecule has 1 aromatic heterocycles. The van der Waals surface area contributed by atoms with Crippen molar-refractivity contribution in [3.05, 3.63) is 57.5 Å². The molecule has 3 rings (SSSR count). The van der Waals surface area contributed by atoms with Crippen molar-refractivity contribution >= 4 is 60.0 Å². The predicted octanol–water partition coefficient (Wildman–Crippen LogP) is 5.09. The molecule has 0 radical (unpaired) electrons. The largest absolute Gasteiger partial charge is 0.399 e. The highest BCUT2D eigenvalue weighted by molar-refractivity contribution is 9.11. The summed E-state index contributed by atoms with van der Waals surface area (Å²) in [6.07, 6.45) is 0. The number of rotatable bonds is 2. The molecule has 0 amide bonds. The minimum atomic E-state index is 0.744. The van der Waals surface area contributed by atoms with Crippen LogP contribution in [0.5, 0.6) is 0 Å². The van der Waals surface area contributed by atoms with Crippen LogP contribution in [-0.4, -0.2) is 4.98 Å². The number of pyridine rings is 1. The molecule has 0 aliphatic carbocycles. The number of anilines is 3. The Bertz CT molecular complexity index is 767. The van der Waals surface area contributed by atoms with Gasteiger partial charge >= 0.3 is 0 Å². The maximum absolute atomic E-state index is 5.77. The maximum Gasteiger partial charge on any atom is 0.131 e. The predicted molar refractivity (Wildman–Crippen MR) is 91.3 cm³/mol. The van der Waals surface area contributed by atoms with Gasteiger partial charge in [-0.15, -0.1) is 0 Å². The SMILES string of the molecule is Nc1ccc2nc(Nc3c(Br)cccc3Br)ccc2c1. The van der Waals surface area contributed by atoms with Crippen molar-refractivity contribution in [2.75, 3.05) is 11.1 Å². The molecule has 3 N–H and O–H groups in total. The van der Waals surface area contributed by atoms with Gasteiger partial charge in [-0.05, 0) is 74.3 Å². The van der Waals surface area contributed by atoms with E-state index in [2.05, 4.69) is 42.2 Å². The van der Waals surface area contributed by atoms with Crippen LogP contribution in [0.15, 0.2) is 57.5 Å². The van der Waals surface area contributed by atoms with E-state index in [9.17, 15) is 0 Å². The standard InChI is InChI=1S/C15H11Br2N3/c16-11-2-1-3-12(17)15(11)20-14-7-4-9-8-10(18)5-6-13(9)19-14/h1-8H,18H2,(H,19,20). The van der Waals surface area contributed by atoms with Gasteiger partial charge in [0, 0.05) is 20.0 Å². The smallest absolute Gasteiger partial charge is 0.131 e. The first-order chi connectivity index (χ1) is 9.63. The quantitative estimate of drug-likeness (QED) is 0.597. The lowest BCUT2D eigenvalue weighted by Crippen LogP contribution is -1.96. The molecule has 5 heteroatoms. The average Bonchev–Trinajstić information content (AvgIpc) is 2.43. The zero-order valence-electron chi connectivity index (χ0n) is 10.4. The third kappa shape index (κ3) is 2.64. The lowest BCUT2D eigenvalue weighted by molar-refractivity contribution is 1.36. The molecule has 2 aromatic carbocycles. The highest BCUT2D eigenvalue weighted by atomic mass is 79.9. The molecule has 3 nitrogen and oxygen atoms in total. The molecule has 0 unspecified atom stereocenters. The van der Waals surface area contributed by atoms with E-state index in [0.717, 1.165) is 37.0 Å². The molecular formula is C15H11Br2N3. The molecule has 1 heterocycles. The van der Waals surface area contributed by atoms with Crippen LogP contribution in [0.4, 0.5) is 17.2 Å². The third-order valence-electron chi connectivity index (χ3n) is 2.93. The van der Waals surface area contributed by atoms with E-state index in [1.165, 1.54) is 0 Å². The van der Waals surface area contributed by atoms with E-state index in [1.807, 2.05) is 48.5 Å². The number of nitrogen functional groups attached to an aromatic ring is 1. The van der Waals surface area contributed by atoms with Gasteiger partial charge < -0.3 is 11.1 Å². The van der Waals surface area contributed by atoms with Gasteiger partial charge in [0.2, 0.25) is 0 Å². The molecule has 0 saturated carbocycles. The lowest BCUT2D eigenvalue weighted by Gasteiger charge is -2.10. The van der Waals surface area contributed by atoms with Crippen LogP contribution in [0.2, 0.25) is 0 Å². The fourth-order valence-corrected chi connectivity index (χ4v) is 3.16. The zero-order chi connectivity index (χ0) is 14.1. The van der Waals surface area contributed by atoms with E-state index in [4.69, 9.17) is 5.73 Å². The molecule has 0 spiro atoms. The van der Waals surface area contributed by atoms with Crippen molar-refractivity contribution in [1.29, 1.82) is 0 Å². The molecule has 0 atom stereocenters. The summed E-state index contributed by atoms with van der Waals surface area (Å²) in [4.78, 5) is 4.59. The number of hydrogen-bond acceptors (Lipinski definition) is 3. The van der Waals surface area contributed by atoms with Crippen molar-refractivity contribution in [2.45, 2.75) is 0 Å². The summed E-state index contributed by atoms with van der Waals surface area (Å²) in [5.74, 6) is 0.787. The first kappa shape index (κ1) is 13.4. The summed E-state index contributed by atoms with van der Waals surface area (Å²) in [5, 5.41) is 4.34. The van der Waals surface area contributed by atoms with Gasteiger partial charge in [-0.2, -0.15) is 0 Å². The fraction of sp³-hybridized carbons (Fsp3) is 0. The van der Waals surface area contributed by atoms with Crippen LogP contribution >= 0.6 is 31.9 Å². The summed E-state index contributed by atoms with van der Waals surface area (Å²) in [6.45, 7) is 0. The number of benzene rings is 2. The van der Waals surface area contributed by atoms with Gasteiger partial charge in [0.1, 0.15) is 5.82 Å². The lowest BCUT2D eigenvalue weighted by atomic mass is 10.2. The molecule has 0 aliphatic rings. The van der Waals surface area contributed by atoms with E-state index in [0.29, 0.717) is 0 Å². The Hall–Kier alpha value is -1.59. The van der Waals surface area contributed by atoms with Gasteiger partial charge in [0.25, 0.3) is 0 Å². The number of nitrogens with zero attached hydrogens (tertiary/aromatic N) is 1. The average molecular weight is 393 g/mol. The van der Waals surface area contributed by atoms with Crippen LogP contribution in [0, 0.1) is 0 Å². The summed E-state index contributed by atoms with van der Waals surface area (Å²) in [7, 11) is 0. The fourth-order valence-electron chi connectivity index (χ4n) is 1.96. The maximum atomic E-state index is 5.77. The first-order valence-electron chi connectivity index (χ1n) is 6.01. The van der Waals surface area contributed by atoms with Crippen LogP contribution in [0.25, 0.3) is 10.9 Å². The molecule has 0 fully saturated rings. The van der Waals surface area contributed by atoms with Crippen LogP contribution in [0.1, 0.15) is 0 Å². The summed E-state index contributed by atoms with van der Waals surface area (Å²) < 4.78 is 1.96. The Morgan fingerprint density at radius 3 is 2.45 bits per heavy atom. The second kappa shape index (κ2) is 5.42. The number of nitrogens with two attached hydrogens (primary N) is 1. The zero-order valence-corrected chi connectivity index (χ0v) is 13.6. The number of nitrogens with one attached hydrogen (secondary N) is 1. The second-order valence-electron chi connectivity index (χ2n) is 4.37. The second-order valence-corrected chi connectivity index (χ2v) is 6.08. The Morgan fingerprint density at radius 2 is 1.70 bits per heavy atom. The molecule has 0 aliphatic heterocycles. The monoisotopic (exact) mass is 391 g/mol. The van der Waals surface area contributed by atoms with Gasteiger partial charge in [-0.1, -0.05) is 6.07 Å². The number of aromatic nitrogens is 1. The van der Waals surface area contributed by atoms with Gasteiger partial charge in [-0.25, -0.2) is 4.98 Å². The molecule has 100 valence electrons. The van der Waals surface area contributed by atoms with Crippen molar-refractivity contribution < 1.29 is 0 Å². The van der Waals surface area contributed by atoms with Crippen molar-refractivity contribution in [3.63, 3.8) is 0 Å². The third-order valence-corrected chi connectivity index (χ3v) is 4.25. The summed E-state index contributed by atoms with van der Waals surface area (Å²) in [5.41, 5.74) is 8.38. The molecule has 0 saturated heterocycles. The normalized spacial score (nSPS) is 10.7. The highest BCUT2D eigenvalue weighted by Gasteiger charge is 2.06. The minimum absolute atomic E-state index is 0.744. The number of para-hydroxylation sites is 1. The Balaban J connectivity index is 2.01. The number of hydrogen-bond donors (Lipinski definition) is 2. The topological polar surface area (TPSA) is 50.9 Å². The Morgan fingerprint density at radius 1 is 0.950 bits per heavy atom. The van der Waals surface area contributed by atoms with Crippen molar-refractivity contribution in [1.82, 2.24) is 4.98 Å². The van der Waals surface area contributed by atoms with Gasteiger partial charge in [0.15, 0.2) is 0 Å². The van der Waals surface area contributed by atoms with E-state index in [1.54, 1.807) is 0 Å². The molecule has 20 heavy (non-hydrogen) atoms. The number of halogens is 2. The highest BCUT2D eigenvalue weighted by Crippen LogP contribution is 2.33. The van der Waals surface area contributed by atoms with E-state index in [-0.39, 0.29) is 0 Å². The minimum Gasteiger partial charge on any atom is -0.399 e. The van der Waals surface area contributed by atoms with Crippen LogP contribution < -0.4 is 11.1 Å². The van der Waals surface area contributed by atoms with Gasteiger partial charge in [-0.3, -0.25) is 0 Å². The summed E-state index contributed by atoms with van der Waals surface area (Å²) in [6, 6.07) is 15.6. The molecular weight excluding hydrogens is 382 g/mol. The van der Waals surface area contributed by atoms with Crippen LogP contribution in [-0.2, 0) is 0 Å². The van der Waals surface area contributed by atoms with E-state index >= 15 is 0 Å². The summed E-state index contributed by atoms with van der Waals surface area (Å²) >= 11 is 7.05. The molecule has 0 bridgehead atoms. The number of fused-ring (bicyclic) bond motifs is 1. The first-order valence-corrected chi connectivity index (χ1v) is 7.59. The Kier molecular flexibility index (Phi) is 3.63. The Labute approximate surface area is 133 Å². The van der Waals surface area contributed by atoms with E-state index < -0.39 is 0 Å². The molecule has 3 aromatic rings. The van der Waals surface area contributed by atoms with Crippen molar-refractivity contribution in [2.24, 2.45) is 0 Å². The van der Waals surface area contributed by atoms with Gasteiger partial charge in [0.05, 0.1) is 11.2 Å².